The number of halogens is 1. The quantitative estimate of drug-likeness (QED) is 0.365. The van der Waals surface area contributed by atoms with Gasteiger partial charge >= 0.3 is 5.97 Å². The molecule has 0 radical (unpaired) electrons. The van der Waals surface area contributed by atoms with Crippen LogP contribution >= 0.6 is 0 Å². The Bertz CT molecular complexity index is 916. The predicted octanol–water partition coefficient (Wildman–Crippen LogP) is 5.12. The van der Waals surface area contributed by atoms with Crippen molar-refractivity contribution < 1.29 is 18.7 Å². The topological polar surface area (TPSA) is 35.5 Å². The van der Waals surface area contributed by atoms with Crippen LogP contribution in [0.2, 0.25) is 0 Å². The van der Waals surface area contributed by atoms with Crippen molar-refractivity contribution in [3.63, 3.8) is 0 Å². The van der Waals surface area contributed by atoms with Crippen LogP contribution in [0.5, 0.6) is 11.5 Å². The largest absolute Gasteiger partial charge is 0.494 e. The van der Waals surface area contributed by atoms with Gasteiger partial charge in [-0.2, -0.15) is 0 Å². The average Bonchev–Trinajstić information content (AvgIpc) is 2.68. The maximum atomic E-state index is 13.6. The molecule has 4 heteroatoms. The first kappa shape index (κ1) is 17.4. The van der Waals surface area contributed by atoms with Crippen LogP contribution in [-0.2, 0) is 4.79 Å². The number of hydrogen-bond acceptors (Lipinski definition) is 3. The number of methoxy groups -OCH3 is 1. The van der Waals surface area contributed by atoms with Crippen molar-refractivity contribution in [1.29, 1.82) is 0 Å². The zero-order chi connectivity index (χ0) is 18.4. The molecule has 3 aromatic rings. The summed E-state index contributed by atoms with van der Waals surface area (Å²) in [7, 11) is 1.40. The van der Waals surface area contributed by atoms with Crippen molar-refractivity contribution in [1.82, 2.24) is 0 Å². The van der Waals surface area contributed by atoms with Gasteiger partial charge in [0.1, 0.15) is 5.75 Å². The van der Waals surface area contributed by atoms with Crippen LogP contribution in [0.4, 0.5) is 4.39 Å². The zero-order valence-electron chi connectivity index (χ0n) is 14.2. The van der Waals surface area contributed by atoms with E-state index in [9.17, 15) is 9.18 Å². The number of benzene rings is 3. The molecule has 0 saturated heterocycles. The van der Waals surface area contributed by atoms with Crippen LogP contribution in [0.25, 0.3) is 17.2 Å². The van der Waals surface area contributed by atoms with Gasteiger partial charge in [-0.15, -0.1) is 0 Å². The highest BCUT2D eigenvalue weighted by atomic mass is 19.1. The van der Waals surface area contributed by atoms with E-state index in [-0.39, 0.29) is 5.75 Å². The van der Waals surface area contributed by atoms with Crippen LogP contribution in [0.15, 0.2) is 78.9 Å². The molecular weight excluding hydrogens is 331 g/mol. The number of ether oxygens (including phenoxy) is 2. The van der Waals surface area contributed by atoms with E-state index in [1.54, 1.807) is 18.2 Å². The summed E-state index contributed by atoms with van der Waals surface area (Å²) >= 11 is 0. The SMILES string of the molecule is COc1ccc(/C=C/C(=O)Oc2ccc(-c3ccccc3)cc2)cc1F. The van der Waals surface area contributed by atoms with Crippen LogP contribution in [0.1, 0.15) is 5.56 Å². The molecule has 0 aromatic heterocycles. The number of carbonyl (C=O) groups excluding carboxylic acids is 1. The maximum absolute atomic E-state index is 13.6. The minimum atomic E-state index is -0.534. The van der Waals surface area contributed by atoms with E-state index in [2.05, 4.69) is 0 Å². The summed E-state index contributed by atoms with van der Waals surface area (Å²) in [6.07, 6.45) is 2.75. The fraction of sp³-hybridized carbons (Fsp3) is 0.0455. The molecule has 26 heavy (non-hydrogen) atoms. The highest BCUT2D eigenvalue weighted by Crippen LogP contribution is 2.22. The Labute approximate surface area is 151 Å². The molecule has 0 N–H and O–H groups in total. The molecule has 0 unspecified atom stereocenters. The summed E-state index contributed by atoms with van der Waals surface area (Å²) in [5.41, 5.74) is 2.67. The number of esters is 1. The Balaban J connectivity index is 1.63. The van der Waals surface area contributed by atoms with Crippen LogP contribution < -0.4 is 9.47 Å². The van der Waals surface area contributed by atoms with Gasteiger partial charge in [0.05, 0.1) is 7.11 Å². The van der Waals surface area contributed by atoms with Crippen LogP contribution in [0, 0.1) is 5.82 Å². The van der Waals surface area contributed by atoms with Gasteiger partial charge < -0.3 is 9.47 Å². The molecule has 130 valence electrons. The van der Waals surface area contributed by atoms with Crippen molar-refractivity contribution in [2.24, 2.45) is 0 Å². The van der Waals surface area contributed by atoms with Gasteiger partial charge in [0.25, 0.3) is 0 Å². The van der Waals surface area contributed by atoms with E-state index < -0.39 is 11.8 Å². The molecule has 0 bridgehead atoms. The van der Waals surface area contributed by atoms with E-state index >= 15 is 0 Å². The molecule has 0 fully saturated rings. The van der Waals surface area contributed by atoms with Gasteiger partial charge in [-0.05, 0) is 47.0 Å². The third-order valence-electron chi connectivity index (χ3n) is 3.77. The van der Waals surface area contributed by atoms with Gasteiger partial charge in [-0.25, -0.2) is 9.18 Å². The summed E-state index contributed by atoms with van der Waals surface area (Å²) in [6.45, 7) is 0. The van der Waals surface area contributed by atoms with E-state index in [1.165, 1.54) is 31.4 Å². The lowest BCUT2D eigenvalue weighted by Crippen LogP contribution is -2.03. The smallest absolute Gasteiger partial charge is 0.336 e. The summed E-state index contributed by atoms with van der Waals surface area (Å²) in [5, 5.41) is 0. The molecule has 0 heterocycles. The predicted molar refractivity (Wildman–Crippen MR) is 99.5 cm³/mol. The molecule has 3 rings (SSSR count). The molecule has 0 saturated carbocycles. The normalized spacial score (nSPS) is 10.7. The first-order chi connectivity index (χ1) is 12.7. The number of rotatable bonds is 5. The molecule has 0 atom stereocenters. The van der Waals surface area contributed by atoms with Crippen molar-refractivity contribution in [2.45, 2.75) is 0 Å². The second-order valence-corrected chi connectivity index (χ2v) is 5.54. The van der Waals surface area contributed by atoms with E-state index in [1.807, 2.05) is 42.5 Å². The standard InChI is InChI=1S/C22H17FO3/c1-25-21-13-7-16(15-20(21)23)8-14-22(24)26-19-11-9-18(10-12-19)17-5-3-2-4-6-17/h2-15H,1H3/b14-8+. The maximum Gasteiger partial charge on any atom is 0.336 e. The zero-order valence-corrected chi connectivity index (χ0v) is 14.2. The fourth-order valence-electron chi connectivity index (χ4n) is 2.45. The summed E-state index contributed by atoms with van der Waals surface area (Å²) in [5.74, 6) is -0.420. The molecule has 0 spiro atoms. The van der Waals surface area contributed by atoms with Crippen molar-refractivity contribution in [2.75, 3.05) is 7.11 Å². The lowest BCUT2D eigenvalue weighted by molar-refractivity contribution is -0.128. The first-order valence-corrected chi connectivity index (χ1v) is 8.04. The Kier molecular flexibility index (Phi) is 5.44. The summed E-state index contributed by atoms with van der Waals surface area (Å²) in [6, 6.07) is 21.6. The lowest BCUT2D eigenvalue weighted by atomic mass is 10.1. The molecule has 3 nitrogen and oxygen atoms in total. The third-order valence-corrected chi connectivity index (χ3v) is 3.77. The molecule has 0 aliphatic carbocycles. The first-order valence-electron chi connectivity index (χ1n) is 8.04. The molecular formula is C22H17FO3. The Morgan fingerprint density at radius 2 is 1.62 bits per heavy atom. The van der Waals surface area contributed by atoms with Crippen molar-refractivity contribution in [3.05, 3.63) is 90.3 Å². The summed E-state index contributed by atoms with van der Waals surface area (Å²) < 4.78 is 23.7. The average molecular weight is 348 g/mol. The summed E-state index contributed by atoms with van der Waals surface area (Å²) in [4.78, 5) is 11.9. The van der Waals surface area contributed by atoms with Gasteiger partial charge in [-0.3, -0.25) is 0 Å². The van der Waals surface area contributed by atoms with E-state index in [0.717, 1.165) is 11.1 Å². The highest BCUT2D eigenvalue weighted by molar-refractivity contribution is 5.88. The van der Waals surface area contributed by atoms with Gasteiger partial charge in [-0.1, -0.05) is 48.5 Å². The van der Waals surface area contributed by atoms with Gasteiger partial charge in [0.15, 0.2) is 11.6 Å². The van der Waals surface area contributed by atoms with E-state index in [0.29, 0.717) is 11.3 Å². The van der Waals surface area contributed by atoms with Crippen LogP contribution in [0.3, 0.4) is 0 Å². The highest BCUT2D eigenvalue weighted by Gasteiger charge is 2.04. The number of hydrogen-bond donors (Lipinski definition) is 0. The third kappa shape index (κ3) is 4.36. The molecule has 0 aliphatic heterocycles. The minimum absolute atomic E-state index is 0.156. The Morgan fingerprint density at radius 3 is 2.27 bits per heavy atom. The van der Waals surface area contributed by atoms with Gasteiger partial charge in [0.2, 0.25) is 0 Å². The van der Waals surface area contributed by atoms with Gasteiger partial charge in [0, 0.05) is 6.08 Å². The lowest BCUT2D eigenvalue weighted by Gasteiger charge is -2.04. The van der Waals surface area contributed by atoms with E-state index in [4.69, 9.17) is 9.47 Å². The molecule has 3 aromatic carbocycles. The Hall–Kier alpha value is -3.40. The molecule has 0 aliphatic rings. The fourth-order valence-corrected chi connectivity index (χ4v) is 2.45. The second-order valence-electron chi connectivity index (χ2n) is 5.54. The number of carbonyl (C=O) groups is 1. The van der Waals surface area contributed by atoms with Crippen molar-refractivity contribution >= 4 is 12.0 Å². The minimum Gasteiger partial charge on any atom is -0.494 e. The molecule has 0 amide bonds. The van der Waals surface area contributed by atoms with Crippen molar-refractivity contribution in [3.8, 4) is 22.6 Å². The van der Waals surface area contributed by atoms with Crippen LogP contribution in [-0.4, -0.2) is 13.1 Å². The second kappa shape index (κ2) is 8.12. The Morgan fingerprint density at radius 1 is 0.923 bits per heavy atom. The monoisotopic (exact) mass is 348 g/mol.